The van der Waals surface area contributed by atoms with Crippen molar-refractivity contribution in [3.63, 3.8) is 0 Å². The maximum Gasteiger partial charge on any atom is 0.200 e. The van der Waals surface area contributed by atoms with Crippen molar-refractivity contribution in [1.82, 2.24) is 0 Å². The van der Waals surface area contributed by atoms with Gasteiger partial charge in [0.05, 0.1) is 12.7 Å². The third-order valence-corrected chi connectivity index (χ3v) is 1.94. The van der Waals surface area contributed by atoms with Crippen LogP contribution in [0, 0.1) is 29.1 Å². The van der Waals surface area contributed by atoms with Gasteiger partial charge in [0.15, 0.2) is 23.3 Å². The van der Waals surface area contributed by atoms with Crippen LogP contribution in [0.3, 0.4) is 0 Å². The molecule has 0 unspecified atom stereocenters. The number of hydrogen-bond acceptors (Lipinski definition) is 3. The first-order valence-corrected chi connectivity index (χ1v) is 4.44. The number of hydrogen-bond donors (Lipinski definition) is 3. The molecule has 0 bridgehead atoms. The van der Waals surface area contributed by atoms with Gasteiger partial charge in [-0.25, -0.2) is 22.0 Å². The molecule has 0 saturated heterocycles. The molecule has 1 atom stereocenters. The van der Waals surface area contributed by atoms with E-state index in [1.807, 2.05) is 5.32 Å². The van der Waals surface area contributed by atoms with Crippen LogP contribution in [0.2, 0.25) is 0 Å². The maximum atomic E-state index is 13.0. The summed E-state index contributed by atoms with van der Waals surface area (Å²) in [5, 5.41) is 19.1. The van der Waals surface area contributed by atoms with Crippen LogP contribution in [0.1, 0.15) is 0 Å². The van der Waals surface area contributed by atoms with E-state index in [0.29, 0.717) is 0 Å². The van der Waals surface area contributed by atoms with Gasteiger partial charge in [-0.2, -0.15) is 0 Å². The fraction of sp³-hybridized carbons (Fsp3) is 0.333. The van der Waals surface area contributed by atoms with Gasteiger partial charge in [0.25, 0.3) is 0 Å². The fourth-order valence-corrected chi connectivity index (χ4v) is 1.04. The second-order valence-electron chi connectivity index (χ2n) is 3.16. The third kappa shape index (κ3) is 2.64. The number of aliphatic hydroxyl groups excluding tert-OH is 2. The standard InChI is InChI=1S/C9H8F5NO2/c10-4-5(11)7(13)9(8(14)6(4)12)15-1-3(17)2-16/h3,15-17H,1-2H2/t3-/m0/s1. The molecule has 0 saturated carbocycles. The fourth-order valence-electron chi connectivity index (χ4n) is 1.04. The SMILES string of the molecule is OC[C@@H](O)CNc1c(F)c(F)c(F)c(F)c1F. The average Bonchev–Trinajstić information content (AvgIpc) is 2.33. The molecule has 1 aromatic carbocycles. The second-order valence-corrected chi connectivity index (χ2v) is 3.16. The van der Waals surface area contributed by atoms with Gasteiger partial charge < -0.3 is 15.5 Å². The highest BCUT2D eigenvalue weighted by Crippen LogP contribution is 2.26. The van der Waals surface area contributed by atoms with Crippen LogP contribution < -0.4 is 5.32 Å². The molecule has 3 N–H and O–H groups in total. The molecule has 0 aliphatic rings. The Bertz CT molecular complexity index is 397. The molecular weight excluding hydrogens is 249 g/mol. The van der Waals surface area contributed by atoms with Crippen LogP contribution in [0.25, 0.3) is 0 Å². The molecule has 1 aromatic rings. The first-order valence-electron chi connectivity index (χ1n) is 4.44. The van der Waals surface area contributed by atoms with Crippen molar-refractivity contribution in [2.75, 3.05) is 18.5 Å². The van der Waals surface area contributed by atoms with Gasteiger partial charge in [-0.15, -0.1) is 0 Å². The van der Waals surface area contributed by atoms with E-state index in [1.165, 1.54) is 0 Å². The molecule has 0 aromatic heterocycles. The summed E-state index contributed by atoms with van der Waals surface area (Å²) in [6, 6.07) is 0. The molecule has 0 amide bonds. The van der Waals surface area contributed by atoms with Gasteiger partial charge in [-0.05, 0) is 0 Å². The summed E-state index contributed by atoms with van der Waals surface area (Å²) in [4.78, 5) is 0. The Balaban J connectivity index is 3.07. The highest BCUT2D eigenvalue weighted by atomic mass is 19.2. The number of halogens is 5. The highest BCUT2D eigenvalue weighted by molar-refractivity contribution is 5.47. The molecule has 0 heterocycles. The summed E-state index contributed by atoms with van der Waals surface area (Å²) in [5.41, 5.74) is -1.24. The zero-order valence-electron chi connectivity index (χ0n) is 8.28. The molecule has 17 heavy (non-hydrogen) atoms. The summed E-state index contributed by atoms with van der Waals surface area (Å²) in [5.74, 6) is -10.5. The largest absolute Gasteiger partial charge is 0.394 e. The molecule has 0 aliphatic heterocycles. The summed E-state index contributed by atoms with van der Waals surface area (Å²) in [7, 11) is 0. The zero-order chi connectivity index (χ0) is 13.2. The minimum Gasteiger partial charge on any atom is -0.394 e. The van der Waals surface area contributed by atoms with Crippen molar-refractivity contribution < 1.29 is 32.2 Å². The maximum absolute atomic E-state index is 13.0. The Kier molecular flexibility index (Phi) is 4.24. The van der Waals surface area contributed by atoms with Crippen LogP contribution in [0.15, 0.2) is 0 Å². The van der Waals surface area contributed by atoms with Crippen molar-refractivity contribution in [2.45, 2.75) is 6.10 Å². The average molecular weight is 257 g/mol. The number of benzene rings is 1. The van der Waals surface area contributed by atoms with Gasteiger partial charge in [0, 0.05) is 6.54 Å². The van der Waals surface area contributed by atoms with Crippen LogP contribution in [-0.2, 0) is 0 Å². The topological polar surface area (TPSA) is 52.5 Å². The normalized spacial score (nSPS) is 12.6. The molecule has 8 heteroatoms. The quantitative estimate of drug-likeness (QED) is 0.431. The van der Waals surface area contributed by atoms with Crippen molar-refractivity contribution in [3.05, 3.63) is 29.1 Å². The Labute approximate surface area is 92.5 Å². The van der Waals surface area contributed by atoms with E-state index in [2.05, 4.69) is 0 Å². The van der Waals surface area contributed by atoms with Crippen molar-refractivity contribution >= 4 is 5.69 Å². The Hall–Kier alpha value is -1.41. The predicted octanol–water partition coefficient (Wildman–Crippen LogP) is 1.15. The number of anilines is 1. The number of rotatable bonds is 4. The smallest absolute Gasteiger partial charge is 0.200 e. The van der Waals surface area contributed by atoms with Crippen LogP contribution in [-0.4, -0.2) is 29.5 Å². The van der Waals surface area contributed by atoms with E-state index < -0.39 is 54.0 Å². The van der Waals surface area contributed by atoms with Gasteiger partial charge >= 0.3 is 0 Å². The summed E-state index contributed by atoms with van der Waals surface area (Å²) in [6.07, 6.45) is -1.38. The predicted molar refractivity (Wildman–Crippen MR) is 47.8 cm³/mol. The molecule has 0 fully saturated rings. The van der Waals surface area contributed by atoms with Crippen LogP contribution in [0.5, 0.6) is 0 Å². The Morgan fingerprint density at radius 3 is 1.71 bits per heavy atom. The Morgan fingerprint density at radius 2 is 1.29 bits per heavy atom. The lowest BCUT2D eigenvalue weighted by molar-refractivity contribution is 0.105. The van der Waals surface area contributed by atoms with Gasteiger partial charge in [0.2, 0.25) is 5.82 Å². The zero-order valence-corrected chi connectivity index (χ0v) is 8.28. The molecule has 0 aliphatic carbocycles. The molecule has 3 nitrogen and oxygen atoms in total. The minimum absolute atomic E-state index is 0.561. The summed E-state index contributed by atoms with van der Waals surface area (Å²) >= 11 is 0. The van der Waals surface area contributed by atoms with Crippen molar-refractivity contribution in [3.8, 4) is 0 Å². The van der Waals surface area contributed by atoms with Crippen molar-refractivity contribution in [2.24, 2.45) is 0 Å². The lowest BCUT2D eigenvalue weighted by Crippen LogP contribution is -2.24. The van der Waals surface area contributed by atoms with E-state index in [0.717, 1.165) is 0 Å². The van der Waals surface area contributed by atoms with Crippen LogP contribution >= 0.6 is 0 Å². The Morgan fingerprint density at radius 1 is 0.882 bits per heavy atom. The minimum atomic E-state index is -2.26. The van der Waals surface area contributed by atoms with E-state index >= 15 is 0 Å². The molecule has 1 rings (SSSR count). The van der Waals surface area contributed by atoms with Gasteiger partial charge in [-0.3, -0.25) is 0 Å². The van der Waals surface area contributed by atoms with Crippen LogP contribution in [0.4, 0.5) is 27.6 Å². The van der Waals surface area contributed by atoms with E-state index in [9.17, 15) is 22.0 Å². The molecule has 0 radical (unpaired) electrons. The monoisotopic (exact) mass is 257 g/mol. The molecule has 96 valence electrons. The first-order chi connectivity index (χ1) is 7.90. The molecule has 0 spiro atoms. The second kappa shape index (κ2) is 5.28. The summed E-state index contributed by atoms with van der Waals surface area (Å²) < 4.78 is 64.1. The third-order valence-electron chi connectivity index (χ3n) is 1.94. The van der Waals surface area contributed by atoms with E-state index in [4.69, 9.17) is 10.2 Å². The van der Waals surface area contributed by atoms with Gasteiger partial charge in [0.1, 0.15) is 5.69 Å². The van der Waals surface area contributed by atoms with E-state index in [1.54, 1.807) is 0 Å². The summed E-state index contributed by atoms with van der Waals surface area (Å²) in [6.45, 7) is -1.28. The number of nitrogens with one attached hydrogen (secondary N) is 1. The van der Waals surface area contributed by atoms with E-state index in [-0.39, 0.29) is 0 Å². The highest BCUT2D eigenvalue weighted by Gasteiger charge is 2.25. The van der Waals surface area contributed by atoms with Crippen molar-refractivity contribution in [1.29, 1.82) is 0 Å². The lowest BCUT2D eigenvalue weighted by Gasteiger charge is -2.12. The lowest BCUT2D eigenvalue weighted by atomic mass is 10.2. The number of aliphatic hydroxyl groups is 2. The van der Waals surface area contributed by atoms with Gasteiger partial charge in [-0.1, -0.05) is 0 Å². The first kappa shape index (κ1) is 13.7. The molecular formula is C9H8F5NO2.